The number of imide groups is 1. The van der Waals surface area contributed by atoms with Gasteiger partial charge in [-0.05, 0) is 30.5 Å². The molecule has 3 aliphatic heterocycles. The topological polar surface area (TPSA) is 81.8 Å². The van der Waals surface area contributed by atoms with Gasteiger partial charge < -0.3 is 10.2 Å². The summed E-state index contributed by atoms with van der Waals surface area (Å²) in [5.41, 5.74) is 2.00. The minimum Gasteiger partial charge on any atom is -0.322 e. The Morgan fingerprint density at radius 3 is 2.72 bits per heavy atom. The first-order valence-corrected chi connectivity index (χ1v) is 9.92. The summed E-state index contributed by atoms with van der Waals surface area (Å²) in [5.74, 6) is -1.06. The van der Waals surface area contributed by atoms with E-state index in [0.29, 0.717) is 24.1 Å². The number of nitrogens with one attached hydrogen (secondary N) is 2. The van der Waals surface area contributed by atoms with Crippen LogP contribution >= 0.6 is 0 Å². The molecule has 4 rings (SSSR count). The van der Waals surface area contributed by atoms with E-state index in [1.54, 1.807) is 11.0 Å². The van der Waals surface area contributed by atoms with Gasteiger partial charge in [-0.15, -0.1) is 0 Å². The summed E-state index contributed by atoms with van der Waals surface area (Å²) in [4.78, 5) is 40.0. The summed E-state index contributed by atoms with van der Waals surface area (Å²) in [6.07, 6.45) is -1.17. The first-order valence-electron chi connectivity index (χ1n) is 9.92. The third kappa shape index (κ3) is 4.02. The zero-order valence-electron chi connectivity index (χ0n) is 16.0. The van der Waals surface area contributed by atoms with Crippen molar-refractivity contribution in [1.29, 1.82) is 0 Å². The van der Waals surface area contributed by atoms with Crippen molar-refractivity contribution >= 4 is 17.7 Å². The van der Waals surface area contributed by atoms with E-state index >= 15 is 0 Å². The number of piperidine rings is 1. The van der Waals surface area contributed by atoms with Crippen molar-refractivity contribution in [2.45, 2.75) is 50.9 Å². The molecule has 0 bridgehead atoms. The Kier molecular flexibility index (Phi) is 5.60. The number of hydrogen-bond acceptors (Lipinski definition) is 5. The van der Waals surface area contributed by atoms with E-state index in [1.807, 2.05) is 12.1 Å². The summed E-state index contributed by atoms with van der Waals surface area (Å²) in [6.45, 7) is 1.64. The molecule has 0 radical (unpaired) electrons. The van der Waals surface area contributed by atoms with Gasteiger partial charge in [0, 0.05) is 37.7 Å². The van der Waals surface area contributed by atoms with Crippen LogP contribution < -0.4 is 10.6 Å². The lowest BCUT2D eigenvalue weighted by molar-refractivity contribution is -0.136. The molecule has 3 aliphatic rings. The zero-order valence-corrected chi connectivity index (χ0v) is 16.0. The minimum atomic E-state index is -2.46. The highest BCUT2D eigenvalue weighted by molar-refractivity contribution is 6.05. The predicted octanol–water partition coefficient (Wildman–Crippen LogP) is 0.877. The molecule has 9 heteroatoms. The highest BCUT2D eigenvalue weighted by Crippen LogP contribution is 2.31. The Morgan fingerprint density at radius 2 is 2.03 bits per heavy atom. The van der Waals surface area contributed by atoms with Crippen LogP contribution in [0.2, 0.25) is 0 Å². The van der Waals surface area contributed by atoms with E-state index in [1.165, 1.54) is 4.90 Å². The lowest BCUT2D eigenvalue weighted by Crippen LogP contribution is -2.52. The van der Waals surface area contributed by atoms with Crippen LogP contribution in [-0.2, 0) is 22.7 Å². The van der Waals surface area contributed by atoms with Gasteiger partial charge in [-0.3, -0.25) is 24.6 Å². The van der Waals surface area contributed by atoms with Gasteiger partial charge in [-0.1, -0.05) is 18.2 Å². The van der Waals surface area contributed by atoms with Crippen LogP contribution in [0, 0.1) is 0 Å². The number of amides is 3. The molecule has 2 saturated heterocycles. The second-order valence-corrected chi connectivity index (χ2v) is 7.82. The molecular formula is C20H24F2N4O3. The van der Waals surface area contributed by atoms with Gasteiger partial charge >= 0.3 is 0 Å². The third-order valence-corrected chi connectivity index (χ3v) is 5.94. The van der Waals surface area contributed by atoms with Crippen molar-refractivity contribution < 1.29 is 23.2 Å². The molecule has 3 amide bonds. The molecule has 2 atom stereocenters. The highest BCUT2D eigenvalue weighted by atomic mass is 19.3. The summed E-state index contributed by atoms with van der Waals surface area (Å²) in [7, 11) is 0. The van der Waals surface area contributed by atoms with Gasteiger partial charge in [-0.2, -0.15) is 0 Å². The number of carbonyl (C=O) groups excluding carboxylic acids is 3. The van der Waals surface area contributed by atoms with Crippen LogP contribution in [-0.4, -0.2) is 65.7 Å². The number of alkyl halides is 2. The van der Waals surface area contributed by atoms with Crippen LogP contribution in [0.5, 0.6) is 0 Å². The SMILES string of the molecule is O=C1CCC(N2Cc3cccc(CN(CC(F)F)[C@H]4CCNC4)c3C2=O)C(=O)N1. The quantitative estimate of drug-likeness (QED) is 0.686. The molecule has 29 heavy (non-hydrogen) atoms. The molecule has 2 N–H and O–H groups in total. The van der Waals surface area contributed by atoms with Gasteiger partial charge in [0.15, 0.2) is 0 Å². The largest absolute Gasteiger partial charge is 0.322 e. The smallest absolute Gasteiger partial charge is 0.255 e. The molecule has 156 valence electrons. The van der Waals surface area contributed by atoms with Gasteiger partial charge in [0.1, 0.15) is 6.04 Å². The van der Waals surface area contributed by atoms with E-state index in [-0.39, 0.29) is 43.9 Å². The second kappa shape index (κ2) is 8.16. The van der Waals surface area contributed by atoms with Crippen molar-refractivity contribution in [2.24, 2.45) is 0 Å². The molecule has 0 aromatic heterocycles. The molecule has 1 aromatic rings. The lowest BCUT2D eigenvalue weighted by atomic mass is 10.0. The van der Waals surface area contributed by atoms with Crippen LogP contribution in [0.15, 0.2) is 18.2 Å². The number of halogens is 2. The number of carbonyl (C=O) groups is 3. The lowest BCUT2D eigenvalue weighted by Gasteiger charge is -2.30. The van der Waals surface area contributed by atoms with Gasteiger partial charge in [0.25, 0.3) is 12.3 Å². The minimum absolute atomic E-state index is 0.00241. The maximum absolute atomic E-state index is 13.2. The second-order valence-electron chi connectivity index (χ2n) is 7.82. The Balaban J connectivity index is 1.56. The van der Waals surface area contributed by atoms with Crippen LogP contribution in [0.3, 0.4) is 0 Å². The summed E-state index contributed by atoms with van der Waals surface area (Å²) in [6, 6.07) is 4.77. The number of hydrogen-bond donors (Lipinski definition) is 2. The first kappa shape index (κ1) is 19.9. The average molecular weight is 406 g/mol. The molecule has 2 fully saturated rings. The van der Waals surface area contributed by atoms with Crippen molar-refractivity contribution in [3.63, 3.8) is 0 Å². The zero-order chi connectivity index (χ0) is 20.5. The number of nitrogens with zero attached hydrogens (tertiary/aromatic N) is 2. The van der Waals surface area contributed by atoms with E-state index in [0.717, 1.165) is 18.5 Å². The Bertz CT molecular complexity index is 826. The molecule has 1 unspecified atom stereocenters. The predicted molar refractivity (Wildman–Crippen MR) is 100 cm³/mol. The first-order chi connectivity index (χ1) is 13.9. The number of benzene rings is 1. The third-order valence-electron chi connectivity index (χ3n) is 5.94. The molecule has 3 heterocycles. The summed E-state index contributed by atoms with van der Waals surface area (Å²) >= 11 is 0. The van der Waals surface area contributed by atoms with E-state index in [4.69, 9.17) is 0 Å². The van der Waals surface area contributed by atoms with Gasteiger partial charge in [-0.25, -0.2) is 8.78 Å². The summed E-state index contributed by atoms with van der Waals surface area (Å²) in [5, 5.41) is 5.49. The van der Waals surface area contributed by atoms with Crippen LogP contribution in [0.4, 0.5) is 8.78 Å². The Hall–Kier alpha value is -2.39. The van der Waals surface area contributed by atoms with Crippen molar-refractivity contribution in [1.82, 2.24) is 20.4 Å². The van der Waals surface area contributed by atoms with E-state index < -0.39 is 18.4 Å². The number of fused-ring (bicyclic) bond motifs is 1. The monoisotopic (exact) mass is 406 g/mol. The van der Waals surface area contributed by atoms with Gasteiger partial charge in [0.2, 0.25) is 11.8 Å². The average Bonchev–Trinajstić information content (AvgIpc) is 3.30. The fourth-order valence-corrected chi connectivity index (χ4v) is 4.51. The molecular weight excluding hydrogens is 382 g/mol. The summed E-state index contributed by atoms with van der Waals surface area (Å²) < 4.78 is 26.3. The molecule has 0 saturated carbocycles. The molecule has 0 spiro atoms. The Morgan fingerprint density at radius 1 is 1.21 bits per heavy atom. The van der Waals surface area contributed by atoms with E-state index in [9.17, 15) is 23.2 Å². The van der Waals surface area contributed by atoms with Crippen LogP contribution in [0.25, 0.3) is 0 Å². The maximum Gasteiger partial charge on any atom is 0.255 e. The van der Waals surface area contributed by atoms with Crippen molar-refractivity contribution in [3.8, 4) is 0 Å². The Labute approximate surface area is 167 Å². The number of rotatable bonds is 6. The highest BCUT2D eigenvalue weighted by Gasteiger charge is 2.40. The van der Waals surface area contributed by atoms with Crippen molar-refractivity contribution in [3.05, 3.63) is 34.9 Å². The normalized spacial score (nSPS) is 24.6. The molecule has 0 aliphatic carbocycles. The standard InChI is InChI=1S/C20H24F2N4O3/c21-16(22)11-25(14-6-7-23-8-14)9-12-2-1-3-13-10-26(20(29)18(12)13)15-4-5-17(27)24-19(15)28/h1-3,14-16,23H,4-11H2,(H,24,27,28)/t14-,15?/m0/s1. The van der Waals surface area contributed by atoms with Crippen LogP contribution in [0.1, 0.15) is 40.7 Å². The van der Waals surface area contributed by atoms with Crippen molar-refractivity contribution in [2.75, 3.05) is 19.6 Å². The molecule has 1 aromatic carbocycles. The molecule has 7 nitrogen and oxygen atoms in total. The fourth-order valence-electron chi connectivity index (χ4n) is 4.51. The van der Waals surface area contributed by atoms with Gasteiger partial charge in [0.05, 0.1) is 6.54 Å². The fraction of sp³-hybridized carbons (Fsp3) is 0.550. The maximum atomic E-state index is 13.2. The van der Waals surface area contributed by atoms with E-state index in [2.05, 4.69) is 10.6 Å².